The van der Waals surface area contributed by atoms with Gasteiger partial charge in [0.25, 0.3) is 0 Å². The molecule has 298 valence electrons. The highest BCUT2D eigenvalue weighted by Crippen LogP contribution is 2.51. The highest BCUT2D eigenvalue weighted by molar-refractivity contribution is 5.96. The van der Waals surface area contributed by atoms with Crippen molar-refractivity contribution < 1.29 is 0 Å². The highest BCUT2D eigenvalue weighted by atomic mass is 15.2. The molecule has 0 N–H and O–H groups in total. The van der Waals surface area contributed by atoms with Gasteiger partial charge in [-0.3, -0.25) is 9.97 Å². The van der Waals surface area contributed by atoms with Crippen molar-refractivity contribution in [2.45, 2.75) is 26.2 Å². The Labute approximate surface area is 364 Å². The Morgan fingerprint density at radius 3 is 1.45 bits per heavy atom. The minimum atomic E-state index is -0.312. The lowest BCUT2D eigenvalue weighted by atomic mass is 9.81. The lowest BCUT2D eigenvalue weighted by molar-refractivity contribution is 0.592. The van der Waals surface area contributed by atoms with E-state index in [0.29, 0.717) is 0 Å². The average Bonchev–Trinajstić information content (AvgIpc) is 3.32. The Morgan fingerprint density at radius 2 is 0.790 bits per heavy atom. The van der Waals surface area contributed by atoms with Crippen LogP contribution >= 0.6 is 0 Å². The van der Waals surface area contributed by atoms with Crippen LogP contribution in [0.5, 0.6) is 0 Å². The van der Waals surface area contributed by atoms with Gasteiger partial charge in [0.1, 0.15) is 0 Å². The van der Waals surface area contributed by atoms with Crippen LogP contribution in [-0.2, 0) is 5.41 Å². The molecule has 0 saturated heterocycles. The lowest BCUT2D eigenvalue weighted by Gasteiger charge is -2.38. The molecule has 0 aliphatic heterocycles. The van der Waals surface area contributed by atoms with E-state index < -0.39 is 0 Å². The summed E-state index contributed by atoms with van der Waals surface area (Å²) in [6, 6.07) is 72.3. The molecule has 10 aromatic rings. The first kappa shape index (κ1) is 38.4. The van der Waals surface area contributed by atoms with Crippen LogP contribution in [0.3, 0.4) is 0 Å². The van der Waals surface area contributed by atoms with Gasteiger partial charge < -0.3 is 9.80 Å². The molecular weight excluding hydrogens is 753 g/mol. The van der Waals surface area contributed by atoms with Gasteiger partial charge in [-0.05, 0) is 128 Å². The summed E-state index contributed by atoms with van der Waals surface area (Å²) in [6.07, 6.45) is 7.57. The largest absolute Gasteiger partial charge is 0.310 e. The van der Waals surface area contributed by atoms with Gasteiger partial charge in [0, 0.05) is 58.5 Å². The van der Waals surface area contributed by atoms with Crippen molar-refractivity contribution >= 4 is 55.7 Å². The monoisotopic (exact) mass is 798 g/mol. The molecule has 2 aromatic heterocycles. The molecule has 0 saturated carbocycles. The first-order valence-corrected chi connectivity index (χ1v) is 21.2. The van der Waals surface area contributed by atoms with Crippen LogP contribution in [-0.4, -0.2) is 9.97 Å². The summed E-state index contributed by atoms with van der Waals surface area (Å²) >= 11 is 0. The van der Waals surface area contributed by atoms with Gasteiger partial charge in [-0.25, -0.2) is 0 Å². The standard InChI is InChI=1S/C58H46N4/c1-58(2,3)57-55(61(51-16-8-5-9-17-51)52-27-24-45(25-28-52)44-20-18-43(19-21-44)41-12-6-4-7-13-41)38-50(47-22-23-49-40-60-33-30-48(49)36-47)39-56(57)62(53-31-34-59-35-32-53)54-29-26-42-14-10-11-15-46(42)37-54/h4-40H,1-3H3. The van der Waals surface area contributed by atoms with Crippen LogP contribution in [0.4, 0.5) is 34.1 Å². The third kappa shape index (κ3) is 7.59. The van der Waals surface area contributed by atoms with E-state index in [-0.39, 0.29) is 5.41 Å². The molecule has 2 heterocycles. The molecule has 4 heteroatoms. The van der Waals surface area contributed by atoms with Gasteiger partial charge in [0.2, 0.25) is 0 Å². The van der Waals surface area contributed by atoms with E-state index in [4.69, 9.17) is 0 Å². The number of rotatable bonds is 9. The Hall–Kier alpha value is -7.82. The molecule has 4 nitrogen and oxygen atoms in total. The second kappa shape index (κ2) is 16.3. The summed E-state index contributed by atoms with van der Waals surface area (Å²) in [5.74, 6) is 0. The number of hydrogen-bond acceptors (Lipinski definition) is 4. The van der Waals surface area contributed by atoms with Crippen LogP contribution in [0.2, 0.25) is 0 Å². The fourth-order valence-corrected chi connectivity index (χ4v) is 8.69. The predicted molar refractivity (Wildman–Crippen MR) is 261 cm³/mol. The van der Waals surface area contributed by atoms with Crippen molar-refractivity contribution in [3.63, 3.8) is 0 Å². The van der Waals surface area contributed by atoms with Crippen LogP contribution in [0.25, 0.3) is 54.9 Å². The molecule has 0 amide bonds. The lowest BCUT2D eigenvalue weighted by Crippen LogP contribution is -2.24. The normalized spacial score (nSPS) is 11.5. The van der Waals surface area contributed by atoms with Gasteiger partial charge in [-0.15, -0.1) is 0 Å². The SMILES string of the molecule is CC(C)(C)c1c(N(c2ccccc2)c2ccc(-c3ccc(-c4ccccc4)cc3)cc2)cc(-c2ccc3cnccc3c2)cc1N(c1ccncc1)c1ccc2ccccc2c1. The number of nitrogens with zero attached hydrogens (tertiary/aromatic N) is 4. The van der Waals surface area contributed by atoms with Crippen molar-refractivity contribution in [3.05, 3.63) is 231 Å². The fourth-order valence-electron chi connectivity index (χ4n) is 8.69. The van der Waals surface area contributed by atoms with Gasteiger partial charge >= 0.3 is 0 Å². The molecule has 0 bridgehead atoms. The fraction of sp³-hybridized carbons (Fsp3) is 0.0690. The second-order valence-electron chi connectivity index (χ2n) is 16.8. The van der Waals surface area contributed by atoms with E-state index in [1.54, 1.807) is 0 Å². The molecule has 0 spiro atoms. The first-order valence-electron chi connectivity index (χ1n) is 21.2. The molecule has 0 radical (unpaired) electrons. The van der Waals surface area contributed by atoms with Gasteiger partial charge in [-0.1, -0.05) is 148 Å². The quantitative estimate of drug-likeness (QED) is 0.146. The molecule has 10 rings (SSSR count). The number of benzene rings is 8. The molecule has 0 unspecified atom stereocenters. The first-order chi connectivity index (χ1) is 30.4. The van der Waals surface area contributed by atoms with Crippen LogP contribution < -0.4 is 9.80 Å². The number of hydrogen-bond donors (Lipinski definition) is 0. The zero-order chi connectivity index (χ0) is 42.0. The Bertz CT molecular complexity index is 3140. The van der Waals surface area contributed by atoms with E-state index in [1.165, 1.54) is 33.0 Å². The summed E-state index contributed by atoms with van der Waals surface area (Å²) < 4.78 is 0. The minimum absolute atomic E-state index is 0.312. The Balaban J connectivity index is 1.21. The third-order valence-electron chi connectivity index (χ3n) is 11.7. The maximum absolute atomic E-state index is 4.46. The smallest absolute Gasteiger partial charge is 0.0526 e. The number of anilines is 6. The maximum Gasteiger partial charge on any atom is 0.0526 e. The van der Waals surface area contributed by atoms with Crippen molar-refractivity contribution in [1.29, 1.82) is 0 Å². The van der Waals surface area contributed by atoms with Gasteiger partial charge in [0.05, 0.1) is 11.4 Å². The highest BCUT2D eigenvalue weighted by Gasteiger charge is 2.31. The molecule has 0 aliphatic rings. The van der Waals surface area contributed by atoms with E-state index in [0.717, 1.165) is 61.6 Å². The third-order valence-corrected chi connectivity index (χ3v) is 11.7. The zero-order valence-electron chi connectivity index (χ0n) is 35.2. The summed E-state index contributed by atoms with van der Waals surface area (Å²) in [6.45, 7) is 6.98. The van der Waals surface area contributed by atoms with E-state index in [1.807, 2.05) is 24.8 Å². The summed E-state index contributed by atoms with van der Waals surface area (Å²) in [7, 11) is 0. The zero-order valence-corrected chi connectivity index (χ0v) is 35.2. The number of aromatic nitrogens is 2. The van der Waals surface area contributed by atoms with Crippen LogP contribution in [0.15, 0.2) is 225 Å². The maximum atomic E-state index is 4.46. The molecule has 62 heavy (non-hydrogen) atoms. The van der Waals surface area contributed by atoms with E-state index >= 15 is 0 Å². The van der Waals surface area contributed by atoms with Gasteiger partial charge in [0.15, 0.2) is 0 Å². The Kier molecular flexibility index (Phi) is 10.1. The summed E-state index contributed by atoms with van der Waals surface area (Å²) in [4.78, 5) is 13.7. The summed E-state index contributed by atoms with van der Waals surface area (Å²) in [5.41, 5.74) is 14.3. The molecule has 0 aliphatic carbocycles. The van der Waals surface area contributed by atoms with Crippen molar-refractivity contribution in [2.75, 3.05) is 9.80 Å². The molecule has 0 fully saturated rings. The van der Waals surface area contributed by atoms with Crippen molar-refractivity contribution in [1.82, 2.24) is 9.97 Å². The topological polar surface area (TPSA) is 32.3 Å². The molecule has 8 aromatic carbocycles. The van der Waals surface area contributed by atoms with Gasteiger partial charge in [-0.2, -0.15) is 0 Å². The number of fused-ring (bicyclic) bond motifs is 2. The van der Waals surface area contributed by atoms with Crippen LogP contribution in [0.1, 0.15) is 26.3 Å². The number of para-hydroxylation sites is 1. The predicted octanol–water partition coefficient (Wildman–Crippen LogP) is 16.0. The van der Waals surface area contributed by atoms with E-state index in [9.17, 15) is 0 Å². The Morgan fingerprint density at radius 1 is 0.323 bits per heavy atom. The van der Waals surface area contributed by atoms with Crippen molar-refractivity contribution in [2.24, 2.45) is 0 Å². The van der Waals surface area contributed by atoms with E-state index in [2.05, 4.69) is 241 Å². The average molecular weight is 799 g/mol. The molecular formula is C58H46N4. The van der Waals surface area contributed by atoms with Crippen molar-refractivity contribution in [3.8, 4) is 33.4 Å². The van der Waals surface area contributed by atoms with Crippen LogP contribution in [0, 0.1) is 0 Å². The molecule has 0 atom stereocenters. The summed E-state index contributed by atoms with van der Waals surface area (Å²) in [5, 5.41) is 4.64. The second-order valence-corrected chi connectivity index (χ2v) is 16.8. The minimum Gasteiger partial charge on any atom is -0.310 e. The number of pyridine rings is 2.